The van der Waals surface area contributed by atoms with Crippen LogP contribution < -0.4 is 0 Å². The van der Waals surface area contributed by atoms with Crippen LogP contribution >= 0.6 is 15.9 Å². The lowest BCUT2D eigenvalue weighted by atomic mass is 10.00. The average Bonchev–Trinajstić information content (AvgIpc) is 1.90. The molecule has 0 radical (unpaired) electrons. The van der Waals surface area contributed by atoms with E-state index in [1.807, 2.05) is 0 Å². The highest BCUT2D eigenvalue weighted by Gasteiger charge is 2.17. The van der Waals surface area contributed by atoms with Gasteiger partial charge in [-0.1, -0.05) is 22.9 Å². The molecule has 0 amide bonds. The molecule has 0 spiro atoms. The predicted octanol–water partition coefficient (Wildman–Crippen LogP) is 2.20. The third kappa shape index (κ3) is 2.26. The van der Waals surface area contributed by atoms with E-state index in [4.69, 9.17) is 4.74 Å². The fourth-order valence-electron chi connectivity index (χ4n) is 1.13. The van der Waals surface area contributed by atoms with Gasteiger partial charge in [0.05, 0.1) is 6.61 Å². The number of hydrogen-bond acceptors (Lipinski definition) is 1. The fourth-order valence-corrected chi connectivity index (χ4v) is 1.54. The average molecular weight is 193 g/mol. The Morgan fingerprint density at radius 1 is 1.67 bits per heavy atom. The fraction of sp³-hybridized carbons (Fsp3) is 1.00. The van der Waals surface area contributed by atoms with E-state index in [2.05, 4.69) is 22.9 Å². The molecule has 1 rings (SSSR count). The molecule has 1 nitrogen and oxygen atoms in total. The molecule has 1 heterocycles. The van der Waals surface area contributed by atoms with Gasteiger partial charge in [0.25, 0.3) is 0 Å². The van der Waals surface area contributed by atoms with E-state index >= 15 is 0 Å². The summed E-state index contributed by atoms with van der Waals surface area (Å²) in [5.74, 6) is 0.749. The summed E-state index contributed by atoms with van der Waals surface area (Å²) in [6.45, 7) is 4.11. The first kappa shape index (κ1) is 7.55. The van der Waals surface area contributed by atoms with Crippen LogP contribution in [0.15, 0.2) is 0 Å². The molecule has 1 saturated heterocycles. The molecule has 2 heteroatoms. The topological polar surface area (TPSA) is 9.23 Å². The van der Waals surface area contributed by atoms with Gasteiger partial charge in [-0.2, -0.15) is 0 Å². The molecule has 1 aliphatic rings. The lowest BCUT2D eigenvalue weighted by Gasteiger charge is -2.23. The van der Waals surface area contributed by atoms with Crippen molar-refractivity contribution in [3.05, 3.63) is 0 Å². The van der Waals surface area contributed by atoms with Gasteiger partial charge in [-0.3, -0.25) is 0 Å². The highest BCUT2D eigenvalue weighted by atomic mass is 79.9. The number of halogens is 1. The van der Waals surface area contributed by atoms with Crippen LogP contribution in [0.5, 0.6) is 0 Å². The van der Waals surface area contributed by atoms with Crippen molar-refractivity contribution in [3.63, 3.8) is 0 Å². The van der Waals surface area contributed by atoms with Crippen LogP contribution in [0.4, 0.5) is 0 Å². The normalized spacial score (nSPS) is 32.0. The maximum Gasteiger partial charge on any atom is 0.0504 e. The van der Waals surface area contributed by atoms with Gasteiger partial charge in [-0.25, -0.2) is 0 Å². The van der Waals surface area contributed by atoms with E-state index < -0.39 is 0 Å². The summed E-state index contributed by atoms with van der Waals surface area (Å²) in [4.78, 5) is 0.623. The lowest BCUT2D eigenvalue weighted by Crippen LogP contribution is -2.23. The third-order valence-electron chi connectivity index (χ3n) is 1.85. The van der Waals surface area contributed by atoms with Crippen LogP contribution in [0.1, 0.15) is 19.8 Å². The molecule has 2 unspecified atom stereocenters. The summed E-state index contributed by atoms with van der Waals surface area (Å²) >= 11 is 3.56. The molecule has 2 atom stereocenters. The molecule has 0 N–H and O–H groups in total. The molecule has 0 aromatic heterocycles. The Bertz CT molecular complexity index is 77.0. The molecule has 1 aliphatic heterocycles. The van der Waals surface area contributed by atoms with Gasteiger partial charge in [-0.15, -0.1) is 0 Å². The van der Waals surface area contributed by atoms with Crippen molar-refractivity contribution in [2.24, 2.45) is 5.92 Å². The van der Waals surface area contributed by atoms with E-state index in [1.54, 1.807) is 0 Å². The van der Waals surface area contributed by atoms with Crippen LogP contribution in [0.3, 0.4) is 0 Å². The van der Waals surface area contributed by atoms with Gasteiger partial charge in [-0.05, 0) is 18.8 Å². The first-order valence-electron chi connectivity index (χ1n) is 3.52. The molecular formula is C7H13BrO. The van der Waals surface area contributed by atoms with Gasteiger partial charge >= 0.3 is 0 Å². The van der Waals surface area contributed by atoms with E-state index in [0.717, 1.165) is 19.1 Å². The molecule has 1 fully saturated rings. The number of rotatable bonds is 1. The van der Waals surface area contributed by atoms with Crippen LogP contribution in [0.2, 0.25) is 0 Å². The van der Waals surface area contributed by atoms with Gasteiger partial charge in [0.15, 0.2) is 0 Å². The molecule has 0 saturated carbocycles. The molecule has 0 aromatic carbocycles. The van der Waals surface area contributed by atoms with Gasteiger partial charge in [0.2, 0.25) is 0 Å². The maximum atomic E-state index is 5.31. The van der Waals surface area contributed by atoms with E-state index in [1.165, 1.54) is 12.8 Å². The first-order chi connectivity index (χ1) is 4.30. The zero-order chi connectivity index (χ0) is 6.69. The first-order valence-corrected chi connectivity index (χ1v) is 4.44. The van der Waals surface area contributed by atoms with Crippen LogP contribution in [-0.2, 0) is 4.74 Å². The minimum Gasteiger partial charge on any atom is -0.381 e. The minimum atomic E-state index is 0.623. The minimum absolute atomic E-state index is 0.623. The Morgan fingerprint density at radius 3 is 2.78 bits per heavy atom. The second-order valence-corrected chi connectivity index (χ2v) is 4.10. The van der Waals surface area contributed by atoms with Crippen molar-refractivity contribution < 1.29 is 4.74 Å². The largest absolute Gasteiger partial charge is 0.381 e. The van der Waals surface area contributed by atoms with Crippen LogP contribution in [0, 0.1) is 5.92 Å². The second-order valence-electron chi connectivity index (χ2n) is 2.65. The second kappa shape index (κ2) is 3.57. The molecule has 0 aliphatic carbocycles. The summed E-state index contributed by atoms with van der Waals surface area (Å²) in [5, 5.41) is 0. The van der Waals surface area contributed by atoms with Crippen molar-refractivity contribution in [2.45, 2.75) is 24.6 Å². The Hall–Kier alpha value is 0.440. The number of alkyl halides is 1. The Morgan fingerprint density at radius 2 is 2.44 bits per heavy atom. The summed E-state index contributed by atoms with van der Waals surface area (Å²) < 4.78 is 5.31. The van der Waals surface area contributed by atoms with Crippen molar-refractivity contribution in [3.8, 4) is 0 Å². The van der Waals surface area contributed by atoms with Crippen molar-refractivity contribution in [1.29, 1.82) is 0 Å². The van der Waals surface area contributed by atoms with E-state index in [0.29, 0.717) is 4.83 Å². The highest BCUT2D eigenvalue weighted by Crippen LogP contribution is 2.21. The standard InChI is InChI=1S/C7H13BrO/c1-6(8)7-3-2-4-9-5-7/h6-7H,2-5H2,1H3. The third-order valence-corrected chi connectivity index (χ3v) is 2.59. The summed E-state index contributed by atoms with van der Waals surface area (Å²) in [7, 11) is 0. The smallest absolute Gasteiger partial charge is 0.0504 e. The molecule has 0 bridgehead atoms. The summed E-state index contributed by atoms with van der Waals surface area (Å²) in [6, 6.07) is 0. The SMILES string of the molecule is CC(Br)C1CCCOC1. The molecule has 0 aromatic rings. The number of ether oxygens (including phenoxy) is 1. The summed E-state index contributed by atoms with van der Waals surface area (Å²) in [6.07, 6.45) is 2.56. The van der Waals surface area contributed by atoms with Crippen molar-refractivity contribution in [1.82, 2.24) is 0 Å². The molecule has 9 heavy (non-hydrogen) atoms. The Labute approximate surface area is 64.9 Å². The quantitative estimate of drug-likeness (QED) is 0.580. The highest BCUT2D eigenvalue weighted by molar-refractivity contribution is 9.09. The monoisotopic (exact) mass is 192 g/mol. The van der Waals surface area contributed by atoms with Gasteiger partial charge < -0.3 is 4.74 Å². The maximum absolute atomic E-state index is 5.31. The van der Waals surface area contributed by atoms with Gasteiger partial charge in [0.1, 0.15) is 0 Å². The lowest BCUT2D eigenvalue weighted by molar-refractivity contribution is 0.0562. The zero-order valence-electron chi connectivity index (χ0n) is 5.77. The number of hydrogen-bond donors (Lipinski definition) is 0. The molecular weight excluding hydrogens is 180 g/mol. The zero-order valence-corrected chi connectivity index (χ0v) is 7.36. The predicted molar refractivity (Wildman–Crippen MR) is 41.9 cm³/mol. The van der Waals surface area contributed by atoms with E-state index in [9.17, 15) is 0 Å². The molecule has 54 valence electrons. The Balaban J connectivity index is 2.23. The Kier molecular flexibility index (Phi) is 2.99. The van der Waals surface area contributed by atoms with Crippen LogP contribution in [0.25, 0.3) is 0 Å². The van der Waals surface area contributed by atoms with Crippen molar-refractivity contribution >= 4 is 15.9 Å². The van der Waals surface area contributed by atoms with Crippen molar-refractivity contribution in [2.75, 3.05) is 13.2 Å². The van der Waals surface area contributed by atoms with Gasteiger partial charge in [0, 0.05) is 11.4 Å². The van der Waals surface area contributed by atoms with Crippen LogP contribution in [-0.4, -0.2) is 18.0 Å². The summed E-state index contributed by atoms with van der Waals surface area (Å²) in [5.41, 5.74) is 0. The van der Waals surface area contributed by atoms with E-state index in [-0.39, 0.29) is 0 Å².